The number of hydrogen-bond donors (Lipinski definition) is 1. The van der Waals surface area contributed by atoms with Crippen molar-refractivity contribution in [2.24, 2.45) is 0 Å². The van der Waals surface area contributed by atoms with E-state index in [0.717, 1.165) is 0 Å². The lowest BCUT2D eigenvalue weighted by molar-refractivity contribution is 0.383. The molecule has 2 rings (SSSR count). The largest absolute Gasteiger partial charge is 0.494 e. The molecule has 0 radical (unpaired) electrons. The Kier molecular flexibility index (Phi) is 3.33. The van der Waals surface area contributed by atoms with Crippen LogP contribution in [0.5, 0.6) is 5.75 Å². The quantitative estimate of drug-likeness (QED) is 0.947. The molecule has 0 fully saturated rings. The van der Waals surface area contributed by atoms with Gasteiger partial charge in [-0.2, -0.15) is 5.10 Å². The third-order valence-electron chi connectivity index (χ3n) is 2.34. The SMILES string of the molecule is COc1cccc(Cn2cc(Br)c(N)n2)c1F. The number of rotatable bonds is 3. The third kappa shape index (κ3) is 2.41. The van der Waals surface area contributed by atoms with Crippen LogP contribution in [0.25, 0.3) is 0 Å². The summed E-state index contributed by atoms with van der Waals surface area (Å²) in [7, 11) is 1.44. The van der Waals surface area contributed by atoms with Crippen LogP contribution in [-0.4, -0.2) is 16.9 Å². The molecule has 6 heteroatoms. The molecule has 0 atom stereocenters. The van der Waals surface area contributed by atoms with Crippen molar-refractivity contribution in [3.05, 3.63) is 40.2 Å². The van der Waals surface area contributed by atoms with Crippen LogP contribution < -0.4 is 10.5 Å². The van der Waals surface area contributed by atoms with Gasteiger partial charge in [-0.25, -0.2) is 4.39 Å². The molecule has 0 saturated heterocycles. The normalized spacial score (nSPS) is 10.5. The number of hydrogen-bond acceptors (Lipinski definition) is 3. The molecule has 1 heterocycles. The Balaban J connectivity index is 2.30. The van der Waals surface area contributed by atoms with E-state index in [2.05, 4.69) is 21.0 Å². The number of benzene rings is 1. The van der Waals surface area contributed by atoms with Gasteiger partial charge in [-0.3, -0.25) is 4.68 Å². The first-order valence-electron chi connectivity index (χ1n) is 4.91. The van der Waals surface area contributed by atoms with Crippen LogP contribution in [0.4, 0.5) is 10.2 Å². The fourth-order valence-electron chi connectivity index (χ4n) is 1.50. The zero-order chi connectivity index (χ0) is 12.4. The van der Waals surface area contributed by atoms with E-state index in [1.807, 2.05) is 0 Å². The molecule has 0 amide bonds. The Labute approximate surface area is 106 Å². The van der Waals surface area contributed by atoms with Crippen LogP contribution in [0, 0.1) is 5.82 Å². The summed E-state index contributed by atoms with van der Waals surface area (Å²) in [4.78, 5) is 0. The number of halogens is 2. The highest BCUT2D eigenvalue weighted by molar-refractivity contribution is 9.10. The van der Waals surface area contributed by atoms with E-state index >= 15 is 0 Å². The van der Waals surface area contributed by atoms with Crippen molar-refractivity contribution in [1.82, 2.24) is 9.78 Å². The lowest BCUT2D eigenvalue weighted by Crippen LogP contribution is -2.04. The molecule has 0 bridgehead atoms. The van der Waals surface area contributed by atoms with Gasteiger partial charge in [0.25, 0.3) is 0 Å². The van der Waals surface area contributed by atoms with Gasteiger partial charge < -0.3 is 10.5 Å². The number of nitrogens with two attached hydrogens (primary N) is 1. The van der Waals surface area contributed by atoms with Crippen molar-refractivity contribution in [3.63, 3.8) is 0 Å². The van der Waals surface area contributed by atoms with E-state index in [1.165, 1.54) is 7.11 Å². The van der Waals surface area contributed by atoms with Crippen molar-refractivity contribution in [2.75, 3.05) is 12.8 Å². The highest BCUT2D eigenvalue weighted by Gasteiger charge is 2.10. The molecule has 0 spiro atoms. The van der Waals surface area contributed by atoms with Crippen molar-refractivity contribution in [3.8, 4) is 5.75 Å². The Bertz CT molecular complexity index is 522. The van der Waals surface area contributed by atoms with E-state index in [-0.39, 0.29) is 11.6 Å². The minimum absolute atomic E-state index is 0.224. The molecule has 0 unspecified atom stereocenters. The second-order valence-electron chi connectivity index (χ2n) is 3.49. The summed E-state index contributed by atoms with van der Waals surface area (Å²) in [6, 6.07) is 5.00. The van der Waals surface area contributed by atoms with Gasteiger partial charge in [0.15, 0.2) is 17.4 Å². The average Bonchev–Trinajstić information content (AvgIpc) is 2.61. The Hall–Kier alpha value is -1.56. The number of ether oxygens (including phenoxy) is 1. The standard InChI is InChI=1S/C11H11BrFN3O/c1-17-9-4-2-3-7(10(9)13)5-16-6-8(12)11(14)15-16/h2-4,6H,5H2,1H3,(H2,14,15). The third-order valence-corrected chi connectivity index (χ3v) is 2.95. The second kappa shape index (κ2) is 4.75. The van der Waals surface area contributed by atoms with Gasteiger partial charge in [-0.1, -0.05) is 12.1 Å². The Morgan fingerprint density at radius 3 is 2.88 bits per heavy atom. The highest BCUT2D eigenvalue weighted by Crippen LogP contribution is 2.22. The summed E-state index contributed by atoms with van der Waals surface area (Å²) < 4.78 is 21.0. The van der Waals surface area contributed by atoms with E-state index in [4.69, 9.17) is 10.5 Å². The predicted octanol–water partition coefficient (Wildman–Crippen LogP) is 2.42. The van der Waals surface area contributed by atoms with Gasteiger partial charge in [0.05, 0.1) is 18.1 Å². The lowest BCUT2D eigenvalue weighted by Gasteiger charge is -2.07. The minimum Gasteiger partial charge on any atom is -0.494 e. The summed E-state index contributed by atoms with van der Waals surface area (Å²) in [6.07, 6.45) is 1.70. The highest BCUT2D eigenvalue weighted by atomic mass is 79.9. The molecule has 1 aromatic carbocycles. The number of nitrogens with zero attached hydrogens (tertiary/aromatic N) is 2. The molecule has 2 N–H and O–H groups in total. The molecular formula is C11H11BrFN3O. The van der Waals surface area contributed by atoms with Crippen molar-refractivity contribution < 1.29 is 9.13 Å². The fraction of sp³-hybridized carbons (Fsp3) is 0.182. The number of methoxy groups -OCH3 is 1. The van der Waals surface area contributed by atoms with E-state index in [1.54, 1.807) is 29.1 Å². The molecule has 17 heavy (non-hydrogen) atoms. The van der Waals surface area contributed by atoms with Crippen LogP contribution in [0.15, 0.2) is 28.9 Å². The van der Waals surface area contributed by atoms with Crippen molar-refractivity contribution >= 4 is 21.7 Å². The summed E-state index contributed by atoms with van der Waals surface area (Å²) in [5.74, 6) is 0.232. The maximum atomic E-state index is 13.9. The van der Waals surface area contributed by atoms with Gasteiger partial charge >= 0.3 is 0 Å². The van der Waals surface area contributed by atoms with Crippen molar-refractivity contribution in [2.45, 2.75) is 6.54 Å². The van der Waals surface area contributed by atoms with Crippen LogP contribution in [0.3, 0.4) is 0 Å². The van der Waals surface area contributed by atoms with Gasteiger partial charge in [0.2, 0.25) is 0 Å². The van der Waals surface area contributed by atoms with E-state index in [0.29, 0.717) is 22.4 Å². The molecule has 0 aliphatic carbocycles. The molecule has 0 aliphatic heterocycles. The number of nitrogen functional groups attached to an aromatic ring is 1. The monoisotopic (exact) mass is 299 g/mol. The van der Waals surface area contributed by atoms with E-state index < -0.39 is 0 Å². The topological polar surface area (TPSA) is 53.1 Å². The number of anilines is 1. The zero-order valence-corrected chi connectivity index (χ0v) is 10.7. The lowest BCUT2D eigenvalue weighted by atomic mass is 10.2. The molecule has 0 saturated carbocycles. The summed E-state index contributed by atoms with van der Waals surface area (Å²) in [5, 5.41) is 4.04. The smallest absolute Gasteiger partial charge is 0.170 e. The zero-order valence-electron chi connectivity index (χ0n) is 9.15. The molecular weight excluding hydrogens is 289 g/mol. The van der Waals surface area contributed by atoms with Crippen LogP contribution in [0.2, 0.25) is 0 Å². The summed E-state index contributed by atoms with van der Waals surface area (Å²) in [5.41, 5.74) is 6.09. The number of aromatic nitrogens is 2. The Morgan fingerprint density at radius 1 is 1.53 bits per heavy atom. The summed E-state index contributed by atoms with van der Waals surface area (Å²) in [6.45, 7) is 0.304. The average molecular weight is 300 g/mol. The van der Waals surface area contributed by atoms with Crippen LogP contribution in [0.1, 0.15) is 5.56 Å². The minimum atomic E-state index is -0.375. The van der Waals surface area contributed by atoms with E-state index in [9.17, 15) is 4.39 Å². The van der Waals surface area contributed by atoms with Crippen LogP contribution >= 0.6 is 15.9 Å². The molecule has 2 aromatic rings. The predicted molar refractivity (Wildman–Crippen MR) is 66.4 cm³/mol. The maximum absolute atomic E-state index is 13.9. The molecule has 1 aromatic heterocycles. The van der Waals surface area contributed by atoms with Crippen molar-refractivity contribution in [1.29, 1.82) is 0 Å². The van der Waals surface area contributed by atoms with Gasteiger partial charge in [0.1, 0.15) is 0 Å². The summed E-state index contributed by atoms with van der Waals surface area (Å²) >= 11 is 3.25. The fourth-order valence-corrected chi connectivity index (χ4v) is 1.82. The first-order chi connectivity index (χ1) is 8.11. The van der Waals surface area contributed by atoms with Gasteiger partial charge in [-0.05, 0) is 22.0 Å². The molecule has 90 valence electrons. The van der Waals surface area contributed by atoms with Crippen LogP contribution in [-0.2, 0) is 6.54 Å². The molecule has 0 aliphatic rings. The maximum Gasteiger partial charge on any atom is 0.170 e. The second-order valence-corrected chi connectivity index (χ2v) is 4.35. The van der Waals surface area contributed by atoms with Gasteiger partial charge in [-0.15, -0.1) is 0 Å². The first-order valence-corrected chi connectivity index (χ1v) is 5.71. The first kappa shape index (κ1) is 11.9. The molecule has 4 nitrogen and oxygen atoms in total. The Morgan fingerprint density at radius 2 is 2.29 bits per heavy atom. The van der Waals surface area contributed by atoms with Gasteiger partial charge in [0, 0.05) is 11.8 Å².